The molecule has 2 N–H and O–H groups in total. The van der Waals surface area contributed by atoms with E-state index in [-0.39, 0.29) is 6.42 Å². The van der Waals surface area contributed by atoms with E-state index in [1.165, 1.54) is 18.7 Å². The van der Waals surface area contributed by atoms with Crippen molar-refractivity contribution in [2.24, 2.45) is 0 Å². The molecular weight excluding hydrogens is 160 g/mol. The SMILES string of the molecule is O=C(O)C(O)Cc1cncnc1. The van der Waals surface area contributed by atoms with Crippen molar-refractivity contribution < 1.29 is 15.0 Å². The van der Waals surface area contributed by atoms with Crippen LogP contribution < -0.4 is 0 Å². The standard InChI is InChI=1S/C7H8N2O3/c10-6(7(11)12)1-5-2-8-4-9-3-5/h2-4,6,10H,1H2,(H,11,12). The zero-order chi connectivity index (χ0) is 8.97. The van der Waals surface area contributed by atoms with Crippen molar-refractivity contribution >= 4 is 5.97 Å². The fourth-order valence-corrected chi connectivity index (χ4v) is 0.746. The largest absolute Gasteiger partial charge is 0.479 e. The Morgan fingerprint density at radius 2 is 2.08 bits per heavy atom. The number of hydrogen-bond donors (Lipinski definition) is 2. The first kappa shape index (κ1) is 8.61. The second kappa shape index (κ2) is 3.77. The summed E-state index contributed by atoms with van der Waals surface area (Å²) in [6, 6.07) is 0. The summed E-state index contributed by atoms with van der Waals surface area (Å²) in [4.78, 5) is 17.6. The van der Waals surface area contributed by atoms with Gasteiger partial charge in [0.05, 0.1) is 0 Å². The van der Waals surface area contributed by atoms with Crippen LogP contribution in [0.2, 0.25) is 0 Å². The molecule has 0 aliphatic heterocycles. The molecule has 5 nitrogen and oxygen atoms in total. The van der Waals surface area contributed by atoms with E-state index in [9.17, 15) is 4.79 Å². The number of nitrogens with zero attached hydrogens (tertiary/aromatic N) is 2. The maximum absolute atomic E-state index is 10.2. The van der Waals surface area contributed by atoms with Crippen LogP contribution in [0.1, 0.15) is 5.56 Å². The summed E-state index contributed by atoms with van der Waals surface area (Å²) in [6.07, 6.45) is 2.95. The van der Waals surface area contributed by atoms with Gasteiger partial charge in [0.1, 0.15) is 6.33 Å². The van der Waals surface area contributed by atoms with Crippen molar-refractivity contribution in [2.75, 3.05) is 0 Å². The van der Waals surface area contributed by atoms with Gasteiger partial charge < -0.3 is 10.2 Å². The predicted molar refractivity (Wildman–Crippen MR) is 39.4 cm³/mol. The molecule has 0 saturated carbocycles. The van der Waals surface area contributed by atoms with Gasteiger partial charge in [0.2, 0.25) is 0 Å². The minimum atomic E-state index is -1.38. The number of hydrogen-bond acceptors (Lipinski definition) is 4. The van der Waals surface area contributed by atoms with E-state index in [2.05, 4.69) is 9.97 Å². The molecule has 0 spiro atoms. The van der Waals surface area contributed by atoms with E-state index in [0.717, 1.165) is 0 Å². The number of rotatable bonds is 3. The number of aliphatic hydroxyl groups excluding tert-OH is 1. The molecule has 0 aromatic carbocycles. The minimum Gasteiger partial charge on any atom is -0.479 e. The Morgan fingerprint density at radius 1 is 1.50 bits per heavy atom. The molecule has 1 aromatic heterocycles. The average molecular weight is 168 g/mol. The molecule has 0 amide bonds. The van der Waals surface area contributed by atoms with Crippen LogP contribution in [0, 0.1) is 0 Å². The molecule has 1 rings (SSSR count). The lowest BCUT2D eigenvalue weighted by atomic mass is 10.1. The molecular formula is C7H8N2O3. The molecule has 0 fully saturated rings. The number of carboxylic acids is 1. The number of aliphatic hydroxyl groups is 1. The minimum absolute atomic E-state index is 0.0379. The van der Waals surface area contributed by atoms with E-state index < -0.39 is 12.1 Å². The summed E-state index contributed by atoms with van der Waals surface area (Å²) in [5.74, 6) is -1.24. The fraction of sp³-hybridized carbons (Fsp3) is 0.286. The summed E-state index contributed by atoms with van der Waals surface area (Å²) in [7, 11) is 0. The molecule has 1 aromatic rings. The van der Waals surface area contributed by atoms with Crippen LogP contribution in [-0.4, -0.2) is 32.3 Å². The Morgan fingerprint density at radius 3 is 2.58 bits per heavy atom. The number of carboxylic acid groups (broad SMARTS) is 1. The van der Waals surface area contributed by atoms with Gasteiger partial charge in [-0.1, -0.05) is 0 Å². The van der Waals surface area contributed by atoms with Crippen LogP contribution in [0.4, 0.5) is 0 Å². The molecule has 1 atom stereocenters. The van der Waals surface area contributed by atoms with Gasteiger partial charge in [-0.05, 0) is 5.56 Å². The van der Waals surface area contributed by atoms with Gasteiger partial charge in [-0.2, -0.15) is 0 Å². The molecule has 0 aliphatic carbocycles. The van der Waals surface area contributed by atoms with Gasteiger partial charge >= 0.3 is 5.97 Å². The van der Waals surface area contributed by atoms with Crippen LogP contribution in [-0.2, 0) is 11.2 Å². The van der Waals surface area contributed by atoms with Crippen LogP contribution >= 0.6 is 0 Å². The van der Waals surface area contributed by atoms with Gasteiger partial charge in [-0.25, -0.2) is 14.8 Å². The maximum Gasteiger partial charge on any atom is 0.332 e. The van der Waals surface area contributed by atoms with Crippen molar-refractivity contribution in [1.82, 2.24) is 9.97 Å². The van der Waals surface area contributed by atoms with E-state index in [4.69, 9.17) is 10.2 Å². The third-order valence-corrected chi connectivity index (χ3v) is 1.33. The average Bonchev–Trinajstić information content (AvgIpc) is 2.06. The van der Waals surface area contributed by atoms with E-state index in [0.29, 0.717) is 5.56 Å². The Balaban J connectivity index is 2.58. The Labute approximate surface area is 68.7 Å². The lowest BCUT2D eigenvalue weighted by Gasteiger charge is -2.02. The van der Waals surface area contributed by atoms with Crippen LogP contribution in [0.3, 0.4) is 0 Å². The van der Waals surface area contributed by atoms with Crippen LogP contribution in [0.25, 0.3) is 0 Å². The molecule has 12 heavy (non-hydrogen) atoms. The fourth-order valence-electron chi connectivity index (χ4n) is 0.746. The molecule has 5 heteroatoms. The highest BCUT2D eigenvalue weighted by Crippen LogP contribution is 1.98. The molecule has 64 valence electrons. The lowest BCUT2D eigenvalue weighted by molar-refractivity contribution is -0.146. The van der Waals surface area contributed by atoms with Gasteiger partial charge in [0.25, 0.3) is 0 Å². The highest BCUT2D eigenvalue weighted by Gasteiger charge is 2.13. The Hall–Kier alpha value is -1.49. The highest BCUT2D eigenvalue weighted by atomic mass is 16.4. The molecule has 0 saturated heterocycles. The highest BCUT2D eigenvalue weighted by molar-refractivity contribution is 5.72. The van der Waals surface area contributed by atoms with Crippen molar-refractivity contribution in [1.29, 1.82) is 0 Å². The molecule has 0 bridgehead atoms. The van der Waals surface area contributed by atoms with Crippen LogP contribution in [0.5, 0.6) is 0 Å². The number of aromatic nitrogens is 2. The van der Waals surface area contributed by atoms with Crippen molar-refractivity contribution in [3.05, 3.63) is 24.3 Å². The molecule has 0 radical (unpaired) electrons. The maximum atomic E-state index is 10.2. The third-order valence-electron chi connectivity index (χ3n) is 1.33. The first-order valence-corrected chi connectivity index (χ1v) is 3.35. The van der Waals surface area contributed by atoms with Gasteiger partial charge in [-0.15, -0.1) is 0 Å². The summed E-state index contributed by atoms with van der Waals surface area (Å²) < 4.78 is 0. The van der Waals surface area contributed by atoms with Crippen molar-refractivity contribution in [2.45, 2.75) is 12.5 Å². The third kappa shape index (κ3) is 2.28. The number of carbonyl (C=O) groups is 1. The van der Waals surface area contributed by atoms with Gasteiger partial charge in [0, 0.05) is 18.8 Å². The topological polar surface area (TPSA) is 83.3 Å². The van der Waals surface area contributed by atoms with Crippen LogP contribution in [0.15, 0.2) is 18.7 Å². The summed E-state index contributed by atoms with van der Waals surface area (Å²) in [5.41, 5.74) is 0.604. The number of aliphatic carboxylic acids is 1. The van der Waals surface area contributed by atoms with Gasteiger partial charge in [0.15, 0.2) is 6.10 Å². The second-order valence-corrected chi connectivity index (χ2v) is 2.30. The monoisotopic (exact) mass is 168 g/mol. The quantitative estimate of drug-likeness (QED) is 0.633. The summed E-state index contributed by atoms with van der Waals surface area (Å²) in [5, 5.41) is 17.3. The first-order valence-electron chi connectivity index (χ1n) is 3.35. The summed E-state index contributed by atoms with van der Waals surface area (Å²) in [6.45, 7) is 0. The van der Waals surface area contributed by atoms with Crippen molar-refractivity contribution in [3.63, 3.8) is 0 Å². The molecule has 1 heterocycles. The summed E-state index contributed by atoms with van der Waals surface area (Å²) >= 11 is 0. The Bertz CT molecular complexity index is 263. The van der Waals surface area contributed by atoms with E-state index in [1.807, 2.05) is 0 Å². The van der Waals surface area contributed by atoms with E-state index >= 15 is 0 Å². The Kier molecular flexibility index (Phi) is 2.71. The van der Waals surface area contributed by atoms with Gasteiger partial charge in [-0.3, -0.25) is 0 Å². The zero-order valence-corrected chi connectivity index (χ0v) is 6.21. The van der Waals surface area contributed by atoms with Crippen molar-refractivity contribution in [3.8, 4) is 0 Å². The second-order valence-electron chi connectivity index (χ2n) is 2.30. The lowest BCUT2D eigenvalue weighted by Crippen LogP contribution is -2.22. The normalized spacial score (nSPS) is 12.4. The smallest absolute Gasteiger partial charge is 0.332 e. The van der Waals surface area contributed by atoms with E-state index in [1.54, 1.807) is 0 Å². The molecule has 0 aliphatic rings. The molecule has 1 unspecified atom stereocenters. The first-order chi connectivity index (χ1) is 5.70. The predicted octanol–water partition coefficient (Wildman–Crippen LogP) is -0.535. The zero-order valence-electron chi connectivity index (χ0n) is 6.21.